The van der Waals surface area contributed by atoms with Crippen molar-refractivity contribution in [3.05, 3.63) is 95.6 Å². The normalized spacial score (nSPS) is 10.4. The van der Waals surface area contributed by atoms with E-state index in [0.717, 1.165) is 12.1 Å². The van der Waals surface area contributed by atoms with Gasteiger partial charge in [0.25, 0.3) is 17.7 Å². The number of hydrogen-bond acceptors (Lipinski definition) is 6. The molecule has 0 radical (unpaired) electrons. The second-order valence-electron chi connectivity index (χ2n) is 7.10. The molecule has 10 heteroatoms. The van der Waals surface area contributed by atoms with Gasteiger partial charge in [0.2, 0.25) is 0 Å². The smallest absolute Gasteiger partial charge is 0.387 e. The van der Waals surface area contributed by atoms with Gasteiger partial charge in [0.15, 0.2) is 6.61 Å². The summed E-state index contributed by atoms with van der Waals surface area (Å²) in [6.07, 6.45) is 0. The predicted molar refractivity (Wildman–Crippen MR) is 121 cm³/mol. The Morgan fingerprint density at radius 2 is 1.46 bits per heavy atom. The zero-order chi connectivity index (χ0) is 25.4. The highest BCUT2D eigenvalue weighted by molar-refractivity contribution is 6.12. The van der Waals surface area contributed by atoms with Crippen molar-refractivity contribution < 1.29 is 37.4 Å². The molecule has 0 saturated carbocycles. The van der Waals surface area contributed by atoms with Crippen LogP contribution in [0.25, 0.3) is 0 Å². The molecule has 3 amide bonds. The molecule has 0 aliphatic heterocycles. The van der Waals surface area contributed by atoms with E-state index in [-0.39, 0.29) is 22.4 Å². The van der Waals surface area contributed by atoms with Crippen molar-refractivity contribution >= 4 is 29.4 Å². The van der Waals surface area contributed by atoms with Crippen LogP contribution in [-0.2, 0) is 9.53 Å². The van der Waals surface area contributed by atoms with Crippen molar-refractivity contribution in [2.24, 2.45) is 0 Å². The van der Waals surface area contributed by atoms with E-state index in [9.17, 15) is 28.0 Å². The molecule has 0 fully saturated rings. The Bertz CT molecular complexity index is 1220. The number of carbonyl (C=O) groups excluding carboxylic acids is 4. The monoisotopic (exact) mass is 482 g/mol. The van der Waals surface area contributed by atoms with Crippen LogP contribution in [0, 0.1) is 0 Å². The van der Waals surface area contributed by atoms with Crippen molar-refractivity contribution in [3.8, 4) is 5.75 Å². The van der Waals surface area contributed by atoms with Gasteiger partial charge in [-0.1, -0.05) is 30.3 Å². The van der Waals surface area contributed by atoms with Crippen LogP contribution in [0.3, 0.4) is 0 Å². The topological polar surface area (TPSA) is 102 Å². The Balaban J connectivity index is 1.60. The molecule has 35 heavy (non-hydrogen) atoms. The van der Waals surface area contributed by atoms with Gasteiger partial charge in [-0.25, -0.2) is 4.79 Å². The van der Waals surface area contributed by atoms with E-state index in [1.54, 1.807) is 49.5 Å². The van der Waals surface area contributed by atoms with E-state index >= 15 is 0 Å². The van der Waals surface area contributed by atoms with Gasteiger partial charge in [0.05, 0.1) is 11.1 Å². The number of para-hydroxylation sites is 1. The maximum atomic E-state index is 12.9. The standard InChI is InChI=1S/C25H20F2N2O6/c1-29(17-7-3-2-4-8-17)23(32)19-9-5-6-10-20(19)24(33)34-15-21(30)28-22(31)16-11-13-18(14-12-16)35-25(26)27/h2-14,25H,15H2,1H3,(H,28,30,31). The van der Waals surface area contributed by atoms with Gasteiger partial charge < -0.3 is 14.4 Å². The first-order chi connectivity index (χ1) is 16.8. The van der Waals surface area contributed by atoms with Crippen molar-refractivity contribution in [2.75, 3.05) is 18.6 Å². The van der Waals surface area contributed by atoms with Crippen LogP contribution in [0.4, 0.5) is 14.5 Å². The number of amides is 3. The molecule has 0 aliphatic carbocycles. The van der Waals surface area contributed by atoms with Crippen LogP contribution in [0.2, 0.25) is 0 Å². The van der Waals surface area contributed by atoms with E-state index in [1.807, 2.05) is 5.32 Å². The first kappa shape index (κ1) is 25.0. The van der Waals surface area contributed by atoms with Crippen molar-refractivity contribution in [2.45, 2.75) is 6.61 Å². The molecular weight excluding hydrogens is 462 g/mol. The molecule has 180 valence electrons. The summed E-state index contributed by atoms with van der Waals surface area (Å²) >= 11 is 0. The van der Waals surface area contributed by atoms with Crippen molar-refractivity contribution in [1.29, 1.82) is 0 Å². The van der Waals surface area contributed by atoms with E-state index in [2.05, 4.69) is 4.74 Å². The number of nitrogens with zero attached hydrogens (tertiary/aromatic N) is 1. The third-order valence-corrected chi connectivity index (χ3v) is 4.75. The lowest BCUT2D eigenvalue weighted by Crippen LogP contribution is -2.34. The van der Waals surface area contributed by atoms with Gasteiger partial charge in [-0.05, 0) is 48.5 Å². The number of rotatable bonds is 8. The van der Waals surface area contributed by atoms with Crippen LogP contribution < -0.4 is 15.0 Å². The summed E-state index contributed by atoms with van der Waals surface area (Å²) in [6.45, 7) is -3.79. The highest BCUT2D eigenvalue weighted by Gasteiger charge is 2.22. The Kier molecular flexibility index (Phi) is 8.23. The van der Waals surface area contributed by atoms with Crippen LogP contribution in [0.1, 0.15) is 31.1 Å². The summed E-state index contributed by atoms with van der Waals surface area (Å²) in [6, 6.07) is 19.5. The second-order valence-corrected chi connectivity index (χ2v) is 7.10. The van der Waals surface area contributed by atoms with E-state index in [4.69, 9.17) is 4.74 Å². The molecule has 3 rings (SSSR count). The highest BCUT2D eigenvalue weighted by Crippen LogP contribution is 2.18. The fraction of sp³-hybridized carbons (Fsp3) is 0.120. The number of hydrogen-bond donors (Lipinski definition) is 1. The average molecular weight is 482 g/mol. The number of nitrogens with one attached hydrogen (secondary N) is 1. The first-order valence-electron chi connectivity index (χ1n) is 10.2. The fourth-order valence-electron chi connectivity index (χ4n) is 3.03. The molecule has 0 atom stereocenters. The van der Waals surface area contributed by atoms with Gasteiger partial charge in [-0.2, -0.15) is 8.78 Å². The predicted octanol–water partition coefficient (Wildman–Crippen LogP) is 3.68. The van der Waals surface area contributed by atoms with Crippen molar-refractivity contribution in [1.82, 2.24) is 5.32 Å². The molecule has 0 aliphatic rings. The van der Waals surface area contributed by atoms with Crippen LogP contribution in [0.15, 0.2) is 78.9 Å². The largest absolute Gasteiger partial charge is 0.452 e. The SMILES string of the molecule is CN(C(=O)c1ccccc1C(=O)OCC(=O)NC(=O)c1ccc(OC(F)F)cc1)c1ccccc1. The summed E-state index contributed by atoms with van der Waals surface area (Å²) in [5, 5.41) is 2.02. The Morgan fingerprint density at radius 1 is 0.857 bits per heavy atom. The van der Waals surface area contributed by atoms with Gasteiger partial charge in [0.1, 0.15) is 5.75 Å². The number of imide groups is 1. The molecule has 3 aromatic rings. The third kappa shape index (κ3) is 6.70. The van der Waals surface area contributed by atoms with Crippen LogP contribution in [0.5, 0.6) is 5.75 Å². The quantitative estimate of drug-likeness (QED) is 0.492. The molecule has 0 unspecified atom stereocenters. The van der Waals surface area contributed by atoms with Gasteiger partial charge in [-0.3, -0.25) is 19.7 Å². The third-order valence-electron chi connectivity index (χ3n) is 4.75. The Labute approximate surface area is 199 Å². The first-order valence-corrected chi connectivity index (χ1v) is 10.2. The maximum absolute atomic E-state index is 12.9. The number of carbonyl (C=O) groups is 4. The van der Waals surface area contributed by atoms with Gasteiger partial charge >= 0.3 is 12.6 Å². The fourth-order valence-corrected chi connectivity index (χ4v) is 3.03. The van der Waals surface area contributed by atoms with Crippen LogP contribution >= 0.6 is 0 Å². The lowest BCUT2D eigenvalue weighted by Gasteiger charge is -2.18. The Hall–Kier alpha value is -4.60. The Morgan fingerprint density at radius 3 is 2.09 bits per heavy atom. The molecule has 1 N–H and O–H groups in total. The average Bonchev–Trinajstić information content (AvgIpc) is 2.87. The number of benzene rings is 3. The zero-order valence-corrected chi connectivity index (χ0v) is 18.4. The molecule has 0 spiro atoms. The molecule has 0 heterocycles. The minimum atomic E-state index is -3.01. The molecular formula is C25H20F2N2O6. The highest BCUT2D eigenvalue weighted by atomic mass is 19.3. The number of halogens is 2. The van der Waals surface area contributed by atoms with Gasteiger partial charge in [0, 0.05) is 18.3 Å². The molecule has 0 aromatic heterocycles. The van der Waals surface area contributed by atoms with E-state index in [1.165, 1.54) is 29.2 Å². The summed E-state index contributed by atoms with van der Waals surface area (Å²) in [5.74, 6) is -3.27. The summed E-state index contributed by atoms with van der Waals surface area (Å²) in [7, 11) is 1.56. The number of alkyl halides is 2. The molecule has 8 nitrogen and oxygen atoms in total. The van der Waals surface area contributed by atoms with Crippen LogP contribution in [-0.4, -0.2) is 44.0 Å². The van der Waals surface area contributed by atoms with Crippen molar-refractivity contribution in [3.63, 3.8) is 0 Å². The van der Waals surface area contributed by atoms with E-state index < -0.39 is 36.9 Å². The van der Waals surface area contributed by atoms with Gasteiger partial charge in [-0.15, -0.1) is 0 Å². The lowest BCUT2D eigenvalue weighted by molar-refractivity contribution is -0.123. The summed E-state index contributed by atoms with van der Waals surface area (Å²) in [4.78, 5) is 51.1. The second kappa shape index (κ2) is 11.5. The van der Waals surface area contributed by atoms with E-state index in [0.29, 0.717) is 5.69 Å². The summed E-state index contributed by atoms with van der Waals surface area (Å²) in [5.41, 5.74) is 0.652. The minimum Gasteiger partial charge on any atom is -0.452 e. The minimum absolute atomic E-state index is 0.00573. The maximum Gasteiger partial charge on any atom is 0.387 e. The molecule has 3 aromatic carbocycles. The molecule has 0 saturated heterocycles. The number of ether oxygens (including phenoxy) is 2. The zero-order valence-electron chi connectivity index (χ0n) is 18.4. The molecule has 0 bridgehead atoms. The summed E-state index contributed by atoms with van der Waals surface area (Å²) < 4.78 is 33.6. The lowest BCUT2D eigenvalue weighted by atomic mass is 10.1. The number of anilines is 1. The number of esters is 1.